The predicted octanol–water partition coefficient (Wildman–Crippen LogP) is 2.58. The summed E-state index contributed by atoms with van der Waals surface area (Å²) in [5.74, 6) is -0.0946. The van der Waals surface area contributed by atoms with Gasteiger partial charge in [0.15, 0.2) is 0 Å². The third-order valence-corrected chi connectivity index (χ3v) is 2.42. The predicted molar refractivity (Wildman–Crippen MR) is 68.7 cm³/mol. The number of nitrogens with zero attached hydrogens (tertiary/aromatic N) is 2. The minimum Gasteiger partial charge on any atom is -0.326 e. The van der Waals surface area contributed by atoms with Gasteiger partial charge in [-0.3, -0.25) is 4.79 Å². The number of aromatic nitrogens is 1. The Morgan fingerprint density at radius 1 is 1.17 bits per heavy atom. The maximum absolute atomic E-state index is 10.9. The highest BCUT2D eigenvalue weighted by molar-refractivity contribution is 5.88. The summed E-state index contributed by atoms with van der Waals surface area (Å²) in [6.07, 6.45) is 1.66. The lowest BCUT2D eigenvalue weighted by molar-refractivity contribution is -0.114. The molecule has 1 aromatic carbocycles. The van der Waals surface area contributed by atoms with Crippen LogP contribution in [0.5, 0.6) is 0 Å². The zero-order valence-electron chi connectivity index (χ0n) is 9.84. The van der Waals surface area contributed by atoms with Crippen LogP contribution in [0.4, 0.5) is 5.69 Å². The van der Waals surface area contributed by atoms with E-state index in [9.17, 15) is 4.79 Å². The van der Waals surface area contributed by atoms with Crippen LogP contribution in [-0.4, -0.2) is 10.9 Å². The number of anilines is 1. The van der Waals surface area contributed by atoms with Crippen molar-refractivity contribution in [2.75, 3.05) is 5.32 Å². The average Bonchev–Trinajstić information content (AvgIpc) is 2.39. The Bertz CT molecular complexity index is 594. The fourth-order valence-electron chi connectivity index (χ4n) is 1.58. The van der Waals surface area contributed by atoms with Crippen molar-refractivity contribution in [3.63, 3.8) is 0 Å². The van der Waals surface area contributed by atoms with Crippen LogP contribution in [0.15, 0.2) is 42.6 Å². The molecule has 0 aliphatic heterocycles. The number of hydrogen-bond donors (Lipinski definition) is 1. The second-order valence-corrected chi connectivity index (χ2v) is 3.80. The molecule has 0 aliphatic carbocycles. The van der Waals surface area contributed by atoms with Crippen LogP contribution in [0.25, 0.3) is 11.1 Å². The Labute approximate surface area is 105 Å². The highest BCUT2D eigenvalue weighted by atomic mass is 16.1. The van der Waals surface area contributed by atoms with Gasteiger partial charge in [0.1, 0.15) is 11.8 Å². The van der Waals surface area contributed by atoms with Crippen molar-refractivity contribution in [2.45, 2.75) is 6.92 Å². The molecule has 0 radical (unpaired) electrons. The first-order valence-corrected chi connectivity index (χ1v) is 5.43. The van der Waals surface area contributed by atoms with Gasteiger partial charge >= 0.3 is 0 Å². The van der Waals surface area contributed by atoms with Crippen LogP contribution in [-0.2, 0) is 4.79 Å². The molecule has 0 unspecified atom stereocenters. The molecule has 2 aromatic rings. The van der Waals surface area contributed by atoms with Gasteiger partial charge in [0, 0.05) is 24.4 Å². The van der Waals surface area contributed by atoms with Crippen molar-refractivity contribution < 1.29 is 4.79 Å². The highest BCUT2D eigenvalue weighted by Gasteiger charge is 2.00. The van der Waals surface area contributed by atoms with Gasteiger partial charge in [0.05, 0.1) is 0 Å². The van der Waals surface area contributed by atoms with Gasteiger partial charge in [0.2, 0.25) is 5.91 Å². The number of amides is 1. The SMILES string of the molecule is CC(=O)Nc1ccc(-c2ccc(C#N)nc2)cc1. The topological polar surface area (TPSA) is 65.8 Å². The molecule has 0 bridgehead atoms. The standard InChI is InChI=1S/C14H11N3O/c1-10(18)17-13-5-2-11(3-6-13)12-4-7-14(8-15)16-9-12/h2-7,9H,1H3,(H,17,18). The van der Waals surface area contributed by atoms with Gasteiger partial charge in [-0.15, -0.1) is 0 Å². The number of pyridine rings is 1. The maximum atomic E-state index is 10.9. The highest BCUT2D eigenvalue weighted by Crippen LogP contribution is 2.20. The van der Waals surface area contributed by atoms with Crippen LogP contribution in [0, 0.1) is 11.3 Å². The van der Waals surface area contributed by atoms with Gasteiger partial charge in [-0.25, -0.2) is 4.98 Å². The molecular formula is C14H11N3O. The Balaban J connectivity index is 2.23. The quantitative estimate of drug-likeness (QED) is 0.872. The molecular weight excluding hydrogens is 226 g/mol. The normalized spacial score (nSPS) is 9.56. The van der Waals surface area contributed by atoms with E-state index in [4.69, 9.17) is 5.26 Å². The molecule has 2 rings (SSSR count). The summed E-state index contributed by atoms with van der Waals surface area (Å²) >= 11 is 0. The molecule has 1 aromatic heterocycles. The zero-order valence-corrected chi connectivity index (χ0v) is 9.84. The number of nitriles is 1. The molecule has 0 aliphatic rings. The van der Waals surface area contributed by atoms with Crippen molar-refractivity contribution >= 4 is 11.6 Å². The van der Waals surface area contributed by atoms with E-state index in [-0.39, 0.29) is 5.91 Å². The first kappa shape index (κ1) is 11.8. The van der Waals surface area contributed by atoms with Crippen LogP contribution < -0.4 is 5.32 Å². The zero-order chi connectivity index (χ0) is 13.0. The van der Waals surface area contributed by atoms with Gasteiger partial charge < -0.3 is 5.32 Å². The molecule has 0 fully saturated rings. The molecule has 0 spiro atoms. The van der Waals surface area contributed by atoms with Crippen molar-refractivity contribution in [1.82, 2.24) is 4.98 Å². The minimum absolute atomic E-state index is 0.0946. The van der Waals surface area contributed by atoms with E-state index >= 15 is 0 Å². The lowest BCUT2D eigenvalue weighted by Crippen LogP contribution is -2.05. The largest absolute Gasteiger partial charge is 0.326 e. The Hall–Kier alpha value is -2.67. The summed E-state index contributed by atoms with van der Waals surface area (Å²) in [5, 5.41) is 11.4. The van der Waals surface area contributed by atoms with Crippen molar-refractivity contribution in [3.8, 4) is 17.2 Å². The van der Waals surface area contributed by atoms with E-state index in [0.717, 1.165) is 16.8 Å². The fraction of sp³-hybridized carbons (Fsp3) is 0.0714. The summed E-state index contributed by atoms with van der Waals surface area (Å²) in [6.45, 7) is 1.47. The van der Waals surface area contributed by atoms with Crippen LogP contribution in [0.3, 0.4) is 0 Å². The first-order chi connectivity index (χ1) is 8.69. The van der Waals surface area contributed by atoms with Crippen molar-refractivity contribution in [2.24, 2.45) is 0 Å². The molecule has 4 heteroatoms. The second kappa shape index (κ2) is 5.11. The average molecular weight is 237 g/mol. The Kier molecular flexibility index (Phi) is 3.35. The number of rotatable bonds is 2. The molecule has 88 valence electrons. The molecule has 0 saturated carbocycles. The van der Waals surface area contributed by atoms with E-state index in [1.807, 2.05) is 36.4 Å². The first-order valence-electron chi connectivity index (χ1n) is 5.43. The van der Waals surface area contributed by atoms with Gasteiger partial charge in [-0.1, -0.05) is 12.1 Å². The van der Waals surface area contributed by atoms with Crippen molar-refractivity contribution in [3.05, 3.63) is 48.3 Å². The molecule has 0 atom stereocenters. The fourth-order valence-corrected chi connectivity index (χ4v) is 1.58. The molecule has 4 nitrogen and oxygen atoms in total. The Morgan fingerprint density at radius 3 is 2.33 bits per heavy atom. The van der Waals surface area contributed by atoms with E-state index in [1.165, 1.54) is 6.92 Å². The third-order valence-electron chi connectivity index (χ3n) is 2.42. The lowest BCUT2D eigenvalue weighted by Gasteiger charge is -2.04. The van der Waals surface area contributed by atoms with Gasteiger partial charge in [-0.2, -0.15) is 5.26 Å². The lowest BCUT2D eigenvalue weighted by atomic mass is 10.1. The molecule has 1 amide bonds. The van der Waals surface area contributed by atoms with E-state index in [0.29, 0.717) is 5.69 Å². The Morgan fingerprint density at radius 2 is 1.83 bits per heavy atom. The molecule has 0 saturated heterocycles. The van der Waals surface area contributed by atoms with Gasteiger partial charge in [-0.05, 0) is 29.8 Å². The number of nitrogens with one attached hydrogen (secondary N) is 1. The monoisotopic (exact) mass is 237 g/mol. The smallest absolute Gasteiger partial charge is 0.221 e. The molecule has 1 N–H and O–H groups in total. The van der Waals surface area contributed by atoms with Gasteiger partial charge in [0.25, 0.3) is 0 Å². The minimum atomic E-state index is -0.0946. The number of carbonyl (C=O) groups is 1. The number of carbonyl (C=O) groups excluding carboxylic acids is 1. The van der Waals surface area contributed by atoms with Crippen molar-refractivity contribution in [1.29, 1.82) is 5.26 Å². The number of hydrogen-bond acceptors (Lipinski definition) is 3. The summed E-state index contributed by atoms with van der Waals surface area (Å²) in [5.41, 5.74) is 3.07. The van der Waals surface area contributed by atoms with E-state index in [1.54, 1.807) is 12.3 Å². The van der Waals surface area contributed by atoms with E-state index < -0.39 is 0 Å². The van der Waals surface area contributed by atoms with Crippen LogP contribution in [0.1, 0.15) is 12.6 Å². The molecule has 1 heterocycles. The summed E-state index contributed by atoms with van der Waals surface area (Å²) < 4.78 is 0. The third kappa shape index (κ3) is 2.71. The summed E-state index contributed by atoms with van der Waals surface area (Å²) in [4.78, 5) is 14.9. The van der Waals surface area contributed by atoms with E-state index in [2.05, 4.69) is 10.3 Å². The second-order valence-electron chi connectivity index (χ2n) is 3.80. The number of benzene rings is 1. The maximum Gasteiger partial charge on any atom is 0.221 e. The summed E-state index contributed by atoms with van der Waals surface area (Å²) in [7, 11) is 0. The summed E-state index contributed by atoms with van der Waals surface area (Å²) in [6, 6.07) is 13.0. The van der Waals surface area contributed by atoms with Crippen LogP contribution >= 0.6 is 0 Å². The molecule has 18 heavy (non-hydrogen) atoms. The van der Waals surface area contributed by atoms with Crippen LogP contribution in [0.2, 0.25) is 0 Å².